The summed E-state index contributed by atoms with van der Waals surface area (Å²) in [6, 6.07) is 13.7. The van der Waals surface area contributed by atoms with Gasteiger partial charge in [0.15, 0.2) is 0 Å². The predicted octanol–water partition coefficient (Wildman–Crippen LogP) is 4.40. The van der Waals surface area contributed by atoms with Crippen molar-refractivity contribution in [3.05, 3.63) is 58.1 Å². The quantitative estimate of drug-likeness (QED) is 0.431. The average molecular weight is 388 g/mol. The molecule has 6 nitrogen and oxygen atoms in total. The van der Waals surface area contributed by atoms with Gasteiger partial charge in [0.05, 0.1) is 17.7 Å². The number of nitrogens with one attached hydrogen (secondary N) is 1. The van der Waals surface area contributed by atoms with Crippen molar-refractivity contribution in [1.82, 2.24) is 4.90 Å². The zero-order chi connectivity index (χ0) is 19.2. The van der Waals surface area contributed by atoms with Gasteiger partial charge >= 0.3 is 0 Å². The maximum absolute atomic E-state index is 11.0. The van der Waals surface area contributed by atoms with Crippen LogP contribution in [0.15, 0.2) is 47.4 Å². The van der Waals surface area contributed by atoms with E-state index in [1.54, 1.807) is 31.0 Å². The van der Waals surface area contributed by atoms with E-state index in [1.807, 2.05) is 0 Å². The number of piperidine rings is 1. The van der Waals surface area contributed by atoms with Crippen molar-refractivity contribution in [1.29, 1.82) is 0 Å². The number of hydrogen-bond donors (Lipinski definition) is 1. The van der Waals surface area contributed by atoms with E-state index in [2.05, 4.69) is 40.7 Å². The number of likely N-dealkylation sites (tertiary alicyclic amines) is 1. The third-order valence-electron chi connectivity index (χ3n) is 4.91. The highest BCUT2D eigenvalue weighted by Crippen LogP contribution is 2.31. The van der Waals surface area contributed by atoms with Crippen LogP contribution >= 0.6 is 11.8 Å². The van der Waals surface area contributed by atoms with E-state index in [0.717, 1.165) is 32.5 Å². The Morgan fingerprint density at radius 3 is 2.52 bits per heavy atom. The van der Waals surface area contributed by atoms with Gasteiger partial charge in [-0.15, -0.1) is 11.8 Å². The third-order valence-corrected chi connectivity index (χ3v) is 5.65. The standard InChI is InChI=1S/C20H25N3O3S/c1-26-20-8-5-17(23(24)25)13-19(20)21-16-9-11-22(12-10-16)14-15-3-6-18(27-2)7-4-15/h3-8,13,16,21H,9-12,14H2,1-2H3. The Morgan fingerprint density at radius 1 is 1.22 bits per heavy atom. The Morgan fingerprint density at radius 2 is 1.93 bits per heavy atom. The molecular formula is C20H25N3O3S. The SMILES string of the molecule is COc1ccc([N+](=O)[O-])cc1NC1CCN(Cc2ccc(SC)cc2)CC1. The molecule has 0 unspecified atom stereocenters. The molecule has 0 aromatic heterocycles. The number of anilines is 1. The predicted molar refractivity (Wildman–Crippen MR) is 110 cm³/mol. The molecule has 144 valence electrons. The first-order chi connectivity index (χ1) is 13.1. The first-order valence-corrected chi connectivity index (χ1v) is 10.3. The minimum atomic E-state index is -0.379. The van der Waals surface area contributed by atoms with Crippen LogP contribution in [0.4, 0.5) is 11.4 Å². The van der Waals surface area contributed by atoms with Gasteiger partial charge in [0, 0.05) is 42.7 Å². The summed E-state index contributed by atoms with van der Waals surface area (Å²) in [5.41, 5.74) is 2.10. The monoisotopic (exact) mass is 387 g/mol. The molecule has 2 aromatic rings. The average Bonchev–Trinajstić information content (AvgIpc) is 2.70. The van der Waals surface area contributed by atoms with Crippen LogP contribution in [-0.4, -0.2) is 42.3 Å². The van der Waals surface area contributed by atoms with Gasteiger partial charge in [0.2, 0.25) is 0 Å². The lowest BCUT2D eigenvalue weighted by Gasteiger charge is -2.33. The van der Waals surface area contributed by atoms with Crippen LogP contribution < -0.4 is 10.1 Å². The fourth-order valence-corrected chi connectivity index (χ4v) is 3.78. The summed E-state index contributed by atoms with van der Waals surface area (Å²) in [7, 11) is 1.58. The maximum atomic E-state index is 11.0. The number of nitrogens with zero attached hydrogens (tertiary/aromatic N) is 2. The molecule has 0 amide bonds. The van der Waals surface area contributed by atoms with Crippen molar-refractivity contribution in [2.75, 3.05) is 31.8 Å². The lowest BCUT2D eigenvalue weighted by Crippen LogP contribution is -2.38. The molecule has 0 radical (unpaired) electrons. The number of methoxy groups -OCH3 is 1. The Bertz CT molecular complexity index is 775. The van der Waals surface area contributed by atoms with E-state index in [0.29, 0.717) is 11.4 Å². The van der Waals surface area contributed by atoms with Gasteiger partial charge in [-0.05, 0) is 42.9 Å². The summed E-state index contributed by atoms with van der Waals surface area (Å²) in [6.07, 6.45) is 4.08. The highest BCUT2D eigenvalue weighted by Gasteiger charge is 2.21. The van der Waals surface area contributed by atoms with Crippen LogP contribution in [0.1, 0.15) is 18.4 Å². The highest BCUT2D eigenvalue weighted by atomic mass is 32.2. The molecule has 3 rings (SSSR count). The number of thioether (sulfide) groups is 1. The van der Waals surface area contributed by atoms with Gasteiger partial charge in [-0.2, -0.15) is 0 Å². The van der Waals surface area contributed by atoms with Gasteiger partial charge < -0.3 is 10.1 Å². The second kappa shape index (κ2) is 9.10. The normalized spacial score (nSPS) is 15.5. The molecule has 1 aliphatic heterocycles. The number of hydrogen-bond acceptors (Lipinski definition) is 6. The fraction of sp³-hybridized carbons (Fsp3) is 0.400. The summed E-state index contributed by atoms with van der Waals surface area (Å²) in [4.78, 5) is 14.4. The first-order valence-electron chi connectivity index (χ1n) is 9.03. The second-order valence-electron chi connectivity index (χ2n) is 6.68. The largest absolute Gasteiger partial charge is 0.495 e. The van der Waals surface area contributed by atoms with E-state index in [4.69, 9.17) is 4.74 Å². The summed E-state index contributed by atoms with van der Waals surface area (Å²) in [6.45, 7) is 2.96. The molecule has 1 aliphatic rings. The van der Waals surface area contributed by atoms with Gasteiger partial charge in [0.25, 0.3) is 5.69 Å². The molecule has 0 aliphatic carbocycles. The number of nitro groups is 1. The van der Waals surface area contributed by atoms with E-state index in [-0.39, 0.29) is 16.7 Å². The fourth-order valence-electron chi connectivity index (χ4n) is 3.37. The summed E-state index contributed by atoms with van der Waals surface area (Å²) >= 11 is 1.76. The van der Waals surface area contributed by atoms with Gasteiger partial charge in [-0.1, -0.05) is 12.1 Å². The van der Waals surface area contributed by atoms with Crippen molar-refractivity contribution in [3.63, 3.8) is 0 Å². The molecule has 1 heterocycles. The van der Waals surface area contributed by atoms with Crippen molar-refractivity contribution < 1.29 is 9.66 Å². The topological polar surface area (TPSA) is 67.6 Å². The number of non-ortho nitro benzene ring substituents is 1. The van der Waals surface area contributed by atoms with Crippen molar-refractivity contribution >= 4 is 23.1 Å². The Balaban J connectivity index is 1.56. The van der Waals surface area contributed by atoms with E-state index in [1.165, 1.54) is 16.5 Å². The number of nitro benzene ring substituents is 1. The minimum absolute atomic E-state index is 0.0735. The molecule has 1 fully saturated rings. The van der Waals surface area contributed by atoms with Gasteiger partial charge in [0.1, 0.15) is 5.75 Å². The Kier molecular flexibility index (Phi) is 6.58. The van der Waals surface area contributed by atoms with Crippen molar-refractivity contribution in [3.8, 4) is 5.75 Å². The van der Waals surface area contributed by atoms with Crippen LogP contribution in [0.25, 0.3) is 0 Å². The van der Waals surface area contributed by atoms with Crippen molar-refractivity contribution in [2.24, 2.45) is 0 Å². The molecular weight excluding hydrogens is 362 g/mol. The van der Waals surface area contributed by atoms with Crippen LogP contribution in [0.3, 0.4) is 0 Å². The molecule has 1 N–H and O–H groups in total. The van der Waals surface area contributed by atoms with E-state index in [9.17, 15) is 10.1 Å². The highest BCUT2D eigenvalue weighted by molar-refractivity contribution is 7.98. The second-order valence-corrected chi connectivity index (χ2v) is 7.56. The molecule has 0 spiro atoms. The minimum Gasteiger partial charge on any atom is -0.495 e. The maximum Gasteiger partial charge on any atom is 0.271 e. The smallest absolute Gasteiger partial charge is 0.271 e. The zero-order valence-corrected chi connectivity index (χ0v) is 16.5. The molecule has 2 aromatic carbocycles. The first kappa shape index (κ1) is 19.5. The third kappa shape index (κ3) is 5.14. The van der Waals surface area contributed by atoms with Gasteiger partial charge in [-0.25, -0.2) is 0 Å². The Labute approximate surface area is 164 Å². The van der Waals surface area contributed by atoms with Crippen LogP contribution in [0.5, 0.6) is 5.75 Å². The molecule has 0 bridgehead atoms. The summed E-state index contributed by atoms with van der Waals surface area (Å²) in [5.74, 6) is 0.636. The molecule has 1 saturated heterocycles. The Hall–Kier alpha value is -2.25. The lowest BCUT2D eigenvalue weighted by molar-refractivity contribution is -0.384. The molecule has 27 heavy (non-hydrogen) atoms. The van der Waals surface area contributed by atoms with Crippen LogP contribution in [-0.2, 0) is 6.54 Å². The zero-order valence-electron chi connectivity index (χ0n) is 15.7. The van der Waals surface area contributed by atoms with E-state index >= 15 is 0 Å². The van der Waals surface area contributed by atoms with Crippen LogP contribution in [0, 0.1) is 10.1 Å². The van der Waals surface area contributed by atoms with Crippen molar-refractivity contribution in [2.45, 2.75) is 30.3 Å². The summed E-state index contributed by atoms with van der Waals surface area (Å²) < 4.78 is 5.34. The van der Waals surface area contributed by atoms with Gasteiger partial charge in [-0.3, -0.25) is 15.0 Å². The molecule has 0 saturated carbocycles. The number of ether oxygens (including phenoxy) is 1. The van der Waals surface area contributed by atoms with Crippen LogP contribution in [0.2, 0.25) is 0 Å². The lowest BCUT2D eigenvalue weighted by atomic mass is 10.0. The van der Waals surface area contributed by atoms with E-state index < -0.39 is 0 Å². The number of benzene rings is 2. The number of rotatable bonds is 7. The molecule has 7 heteroatoms. The molecule has 0 atom stereocenters. The summed E-state index contributed by atoms with van der Waals surface area (Å²) in [5, 5.41) is 14.5.